The van der Waals surface area contributed by atoms with Crippen molar-refractivity contribution in [3.8, 4) is 0 Å². The first kappa shape index (κ1) is 20.8. The summed E-state index contributed by atoms with van der Waals surface area (Å²) in [6.07, 6.45) is 0. The molecule has 0 aliphatic rings. The first-order chi connectivity index (χ1) is 13.3. The van der Waals surface area contributed by atoms with E-state index in [1.54, 1.807) is 24.3 Å². The quantitative estimate of drug-likeness (QED) is 0.422. The van der Waals surface area contributed by atoms with E-state index in [-0.39, 0.29) is 16.9 Å². The molecular formula is C19H20FN3O5. The van der Waals surface area contributed by atoms with Crippen LogP contribution < -0.4 is 10.2 Å². The molecule has 0 bridgehead atoms. The van der Waals surface area contributed by atoms with Crippen molar-refractivity contribution in [3.63, 3.8) is 0 Å². The number of nitrogens with one attached hydrogen (secondary N) is 1. The number of nitro benzene ring substituents is 1. The second-order valence-electron chi connectivity index (χ2n) is 5.76. The molecule has 0 atom stereocenters. The van der Waals surface area contributed by atoms with Gasteiger partial charge in [0.2, 0.25) is 0 Å². The predicted molar refractivity (Wildman–Crippen MR) is 102 cm³/mol. The first-order valence-electron chi connectivity index (χ1n) is 8.61. The van der Waals surface area contributed by atoms with E-state index < -0.39 is 29.2 Å². The SMILES string of the molecule is CCN(CC)c1ccc(C(=O)OCC(=O)Nc2cc([N+](=O)[O-])ccc2F)cc1. The maximum absolute atomic E-state index is 13.7. The van der Waals surface area contributed by atoms with Crippen LogP contribution in [-0.2, 0) is 9.53 Å². The van der Waals surface area contributed by atoms with Crippen LogP contribution in [0.1, 0.15) is 24.2 Å². The smallest absolute Gasteiger partial charge is 0.338 e. The number of ether oxygens (including phenoxy) is 1. The monoisotopic (exact) mass is 389 g/mol. The number of rotatable bonds is 8. The van der Waals surface area contributed by atoms with E-state index >= 15 is 0 Å². The number of benzene rings is 2. The maximum Gasteiger partial charge on any atom is 0.338 e. The lowest BCUT2D eigenvalue weighted by Gasteiger charge is -2.20. The topological polar surface area (TPSA) is 102 Å². The average molecular weight is 389 g/mol. The van der Waals surface area contributed by atoms with Crippen molar-refractivity contribution in [1.82, 2.24) is 0 Å². The zero-order chi connectivity index (χ0) is 20.7. The Kier molecular flexibility index (Phi) is 7.02. The van der Waals surface area contributed by atoms with E-state index in [0.29, 0.717) is 0 Å². The van der Waals surface area contributed by atoms with Gasteiger partial charge >= 0.3 is 5.97 Å². The van der Waals surface area contributed by atoms with Crippen molar-refractivity contribution in [2.45, 2.75) is 13.8 Å². The molecule has 28 heavy (non-hydrogen) atoms. The summed E-state index contributed by atoms with van der Waals surface area (Å²) in [6.45, 7) is 5.05. The fourth-order valence-corrected chi connectivity index (χ4v) is 2.52. The lowest BCUT2D eigenvalue weighted by Crippen LogP contribution is -2.22. The molecule has 2 rings (SSSR count). The van der Waals surface area contributed by atoms with E-state index in [9.17, 15) is 24.1 Å². The number of hydrogen-bond acceptors (Lipinski definition) is 6. The molecule has 0 spiro atoms. The number of carbonyl (C=O) groups is 2. The molecule has 0 unspecified atom stereocenters. The van der Waals surface area contributed by atoms with Crippen LogP contribution >= 0.6 is 0 Å². The summed E-state index contributed by atoms with van der Waals surface area (Å²) in [5.74, 6) is -2.36. The van der Waals surface area contributed by atoms with Gasteiger partial charge in [0.25, 0.3) is 11.6 Å². The maximum atomic E-state index is 13.7. The number of anilines is 2. The Labute approximate surface area is 161 Å². The molecule has 0 aliphatic heterocycles. The van der Waals surface area contributed by atoms with Gasteiger partial charge in [-0.2, -0.15) is 0 Å². The molecule has 0 heterocycles. The molecule has 148 valence electrons. The Hall–Kier alpha value is -3.49. The Balaban J connectivity index is 1.95. The van der Waals surface area contributed by atoms with Gasteiger partial charge in [-0.1, -0.05) is 0 Å². The fourth-order valence-electron chi connectivity index (χ4n) is 2.52. The van der Waals surface area contributed by atoms with Gasteiger partial charge in [0, 0.05) is 30.9 Å². The Bertz CT molecular complexity index is 866. The zero-order valence-electron chi connectivity index (χ0n) is 15.5. The van der Waals surface area contributed by atoms with Crippen LogP contribution in [0.5, 0.6) is 0 Å². The molecule has 8 nitrogen and oxygen atoms in total. The summed E-state index contributed by atoms with van der Waals surface area (Å²) >= 11 is 0. The fraction of sp³-hybridized carbons (Fsp3) is 0.263. The second-order valence-corrected chi connectivity index (χ2v) is 5.76. The van der Waals surface area contributed by atoms with E-state index in [0.717, 1.165) is 37.0 Å². The molecule has 0 saturated heterocycles. The van der Waals surface area contributed by atoms with Crippen molar-refractivity contribution in [2.75, 3.05) is 29.9 Å². The van der Waals surface area contributed by atoms with E-state index in [2.05, 4.69) is 10.2 Å². The third-order valence-corrected chi connectivity index (χ3v) is 4.00. The van der Waals surface area contributed by atoms with E-state index in [4.69, 9.17) is 4.74 Å². The predicted octanol–water partition coefficient (Wildman–Crippen LogP) is 3.38. The van der Waals surface area contributed by atoms with Crippen LogP contribution in [-0.4, -0.2) is 36.5 Å². The van der Waals surface area contributed by atoms with Crippen molar-refractivity contribution in [1.29, 1.82) is 0 Å². The average Bonchev–Trinajstić information content (AvgIpc) is 2.69. The highest BCUT2D eigenvalue weighted by atomic mass is 19.1. The molecule has 0 radical (unpaired) electrons. The number of amides is 1. The number of esters is 1. The highest BCUT2D eigenvalue weighted by Crippen LogP contribution is 2.21. The largest absolute Gasteiger partial charge is 0.452 e. The summed E-state index contributed by atoms with van der Waals surface area (Å²) in [5.41, 5.74) is 0.492. The minimum Gasteiger partial charge on any atom is -0.452 e. The summed E-state index contributed by atoms with van der Waals surface area (Å²) < 4.78 is 18.6. The Morgan fingerprint density at radius 3 is 2.36 bits per heavy atom. The molecule has 0 fully saturated rings. The van der Waals surface area contributed by atoms with Crippen LogP contribution in [0.15, 0.2) is 42.5 Å². The number of carbonyl (C=O) groups excluding carboxylic acids is 2. The molecule has 9 heteroatoms. The normalized spacial score (nSPS) is 10.2. The van der Waals surface area contributed by atoms with Crippen molar-refractivity contribution in [3.05, 3.63) is 64.0 Å². The summed E-state index contributed by atoms with van der Waals surface area (Å²) in [7, 11) is 0. The molecule has 0 aliphatic carbocycles. The van der Waals surface area contributed by atoms with Gasteiger partial charge in [-0.05, 0) is 44.2 Å². The summed E-state index contributed by atoms with van der Waals surface area (Å²) in [6, 6.07) is 9.48. The molecular weight excluding hydrogens is 369 g/mol. The number of nitro groups is 1. The minimum absolute atomic E-state index is 0.269. The van der Waals surface area contributed by atoms with Crippen LogP contribution in [0.3, 0.4) is 0 Å². The second kappa shape index (κ2) is 9.45. The Morgan fingerprint density at radius 2 is 1.79 bits per heavy atom. The highest BCUT2D eigenvalue weighted by Gasteiger charge is 2.15. The van der Waals surface area contributed by atoms with Crippen molar-refractivity contribution >= 4 is 28.9 Å². The Morgan fingerprint density at radius 1 is 1.14 bits per heavy atom. The zero-order valence-corrected chi connectivity index (χ0v) is 15.5. The molecule has 2 aromatic carbocycles. The molecule has 0 saturated carbocycles. The summed E-state index contributed by atoms with van der Waals surface area (Å²) in [4.78, 5) is 36.0. The van der Waals surface area contributed by atoms with Crippen molar-refractivity contribution < 1.29 is 23.6 Å². The van der Waals surface area contributed by atoms with Gasteiger partial charge in [-0.25, -0.2) is 9.18 Å². The van der Waals surface area contributed by atoms with Crippen molar-refractivity contribution in [2.24, 2.45) is 0 Å². The minimum atomic E-state index is -0.836. The number of hydrogen-bond donors (Lipinski definition) is 1. The number of non-ortho nitro benzene ring substituents is 1. The van der Waals surface area contributed by atoms with Crippen LogP contribution in [0.25, 0.3) is 0 Å². The van der Waals surface area contributed by atoms with Gasteiger partial charge in [0.05, 0.1) is 16.2 Å². The van der Waals surface area contributed by atoms with E-state index in [1.165, 1.54) is 0 Å². The number of nitrogens with zero attached hydrogens (tertiary/aromatic N) is 2. The standard InChI is InChI=1S/C19H20FN3O5/c1-3-22(4-2)14-7-5-13(6-8-14)19(25)28-12-18(24)21-17-11-15(23(26)27)9-10-16(17)20/h5-11H,3-4,12H2,1-2H3,(H,21,24). The molecule has 1 N–H and O–H groups in total. The number of halogens is 1. The van der Waals surface area contributed by atoms with Crippen LogP contribution in [0, 0.1) is 15.9 Å². The lowest BCUT2D eigenvalue weighted by atomic mass is 10.2. The molecule has 0 aromatic heterocycles. The highest BCUT2D eigenvalue weighted by molar-refractivity contribution is 5.95. The third kappa shape index (κ3) is 5.26. The lowest BCUT2D eigenvalue weighted by molar-refractivity contribution is -0.384. The van der Waals surface area contributed by atoms with Gasteiger partial charge in [0.15, 0.2) is 6.61 Å². The van der Waals surface area contributed by atoms with Gasteiger partial charge in [-0.3, -0.25) is 14.9 Å². The third-order valence-electron chi connectivity index (χ3n) is 4.00. The first-order valence-corrected chi connectivity index (χ1v) is 8.61. The molecule has 2 aromatic rings. The summed E-state index contributed by atoms with van der Waals surface area (Å²) in [5, 5.41) is 12.9. The van der Waals surface area contributed by atoms with Crippen LogP contribution in [0.2, 0.25) is 0 Å². The van der Waals surface area contributed by atoms with Gasteiger partial charge in [0.1, 0.15) is 5.82 Å². The van der Waals surface area contributed by atoms with Gasteiger partial charge < -0.3 is 15.0 Å². The molecule has 1 amide bonds. The van der Waals surface area contributed by atoms with E-state index in [1.807, 2.05) is 13.8 Å². The van der Waals surface area contributed by atoms with Gasteiger partial charge in [-0.15, -0.1) is 0 Å². The van der Waals surface area contributed by atoms with Crippen LogP contribution in [0.4, 0.5) is 21.5 Å².